The van der Waals surface area contributed by atoms with Gasteiger partial charge in [-0.25, -0.2) is 0 Å². The summed E-state index contributed by atoms with van der Waals surface area (Å²) in [5.74, 6) is -1.47. The molecule has 1 amide bonds. The normalized spacial score (nSPS) is 30.8. The van der Waals surface area contributed by atoms with Gasteiger partial charge in [0.25, 0.3) is 0 Å². The van der Waals surface area contributed by atoms with Gasteiger partial charge < -0.3 is 10.6 Å². The van der Waals surface area contributed by atoms with Crippen LogP contribution < -0.4 is 10.6 Å². The summed E-state index contributed by atoms with van der Waals surface area (Å²) >= 11 is 0. The first-order chi connectivity index (χ1) is 9.30. The quantitative estimate of drug-likeness (QED) is 0.821. The van der Waals surface area contributed by atoms with E-state index in [-0.39, 0.29) is 30.8 Å². The van der Waals surface area contributed by atoms with Crippen LogP contribution in [0.15, 0.2) is 0 Å². The van der Waals surface area contributed by atoms with Gasteiger partial charge in [-0.05, 0) is 32.6 Å². The van der Waals surface area contributed by atoms with Crippen molar-refractivity contribution < 1.29 is 18.0 Å². The number of carbonyl (C=O) groups excluding carboxylic acids is 1. The van der Waals surface area contributed by atoms with E-state index in [0.29, 0.717) is 0 Å². The fourth-order valence-corrected chi connectivity index (χ4v) is 3.20. The Morgan fingerprint density at radius 2 is 1.85 bits per heavy atom. The molecule has 6 heteroatoms. The number of hydrogen-bond acceptors (Lipinski definition) is 2. The summed E-state index contributed by atoms with van der Waals surface area (Å²) in [6.07, 6.45) is 1.44. The van der Waals surface area contributed by atoms with Gasteiger partial charge in [0.2, 0.25) is 5.91 Å². The summed E-state index contributed by atoms with van der Waals surface area (Å²) in [6, 6.07) is -0.479. The number of halogens is 3. The van der Waals surface area contributed by atoms with Crippen molar-refractivity contribution in [3.05, 3.63) is 0 Å². The minimum absolute atomic E-state index is 0.0330. The lowest BCUT2D eigenvalue weighted by Crippen LogP contribution is -2.56. The van der Waals surface area contributed by atoms with Crippen molar-refractivity contribution >= 4 is 5.91 Å². The monoisotopic (exact) mass is 292 g/mol. The molecule has 2 N–H and O–H groups in total. The summed E-state index contributed by atoms with van der Waals surface area (Å²) in [5.41, 5.74) is -0.183. The largest absolute Gasteiger partial charge is 0.393 e. The maximum Gasteiger partial charge on any atom is 0.393 e. The second-order valence-corrected chi connectivity index (χ2v) is 6.39. The molecule has 1 saturated heterocycles. The molecule has 1 aliphatic carbocycles. The van der Waals surface area contributed by atoms with Crippen molar-refractivity contribution in [2.24, 2.45) is 5.92 Å². The number of hydrogen-bond donors (Lipinski definition) is 2. The number of alkyl halides is 3. The lowest BCUT2D eigenvalue weighted by molar-refractivity contribution is -0.180. The number of piperidine rings is 1. The van der Waals surface area contributed by atoms with Crippen LogP contribution in [0.1, 0.15) is 51.9 Å². The molecule has 20 heavy (non-hydrogen) atoms. The summed E-state index contributed by atoms with van der Waals surface area (Å²) < 4.78 is 37.7. The van der Waals surface area contributed by atoms with Gasteiger partial charge in [-0.15, -0.1) is 0 Å². The third-order valence-electron chi connectivity index (χ3n) is 4.58. The Labute approximate surface area is 117 Å². The molecule has 2 unspecified atom stereocenters. The maximum atomic E-state index is 12.6. The first-order valence-corrected chi connectivity index (χ1v) is 7.42. The molecule has 2 fully saturated rings. The van der Waals surface area contributed by atoms with Gasteiger partial charge >= 0.3 is 6.18 Å². The van der Waals surface area contributed by atoms with Gasteiger partial charge in [0.15, 0.2) is 0 Å². The second-order valence-electron chi connectivity index (χ2n) is 6.39. The molecule has 1 heterocycles. The Balaban J connectivity index is 1.83. The summed E-state index contributed by atoms with van der Waals surface area (Å²) in [6.45, 7) is 1.88. The van der Waals surface area contributed by atoms with Crippen LogP contribution in [0.25, 0.3) is 0 Å². The van der Waals surface area contributed by atoms with Crippen LogP contribution >= 0.6 is 0 Å². The van der Waals surface area contributed by atoms with Crippen LogP contribution in [-0.4, -0.2) is 30.2 Å². The average Bonchev–Trinajstić information content (AvgIpc) is 2.38. The van der Waals surface area contributed by atoms with E-state index >= 15 is 0 Å². The first kappa shape index (κ1) is 15.6. The van der Waals surface area contributed by atoms with Gasteiger partial charge in [-0.1, -0.05) is 19.3 Å². The Bertz CT molecular complexity index is 343. The molecule has 3 nitrogen and oxygen atoms in total. The van der Waals surface area contributed by atoms with E-state index < -0.39 is 18.1 Å². The van der Waals surface area contributed by atoms with E-state index in [2.05, 4.69) is 10.6 Å². The zero-order valence-electron chi connectivity index (χ0n) is 11.9. The predicted octanol–water partition coefficient (Wildman–Crippen LogP) is 2.76. The minimum Gasteiger partial charge on any atom is -0.350 e. The van der Waals surface area contributed by atoms with Crippen LogP contribution in [0, 0.1) is 5.92 Å². The topological polar surface area (TPSA) is 41.1 Å². The van der Waals surface area contributed by atoms with Gasteiger partial charge in [-0.3, -0.25) is 4.79 Å². The molecule has 2 rings (SSSR count). The second kappa shape index (κ2) is 5.92. The van der Waals surface area contributed by atoms with E-state index in [4.69, 9.17) is 0 Å². The first-order valence-electron chi connectivity index (χ1n) is 7.42. The molecule has 2 aliphatic rings. The van der Waals surface area contributed by atoms with E-state index in [1.807, 2.05) is 6.92 Å². The fourth-order valence-electron chi connectivity index (χ4n) is 3.20. The number of rotatable bonds is 2. The van der Waals surface area contributed by atoms with E-state index in [1.165, 1.54) is 6.42 Å². The van der Waals surface area contributed by atoms with Crippen LogP contribution in [0.4, 0.5) is 13.2 Å². The molecule has 116 valence electrons. The van der Waals surface area contributed by atoms with Gasteiger partial charge in [-0.2, -0.15) is 13.2 Å². The van der Waals surface area contributed by atoms with E-state index in [9.17, 15) is 18.0 Å². The molecule has 0 radical (unpaired) electrons. The smallest absolute Gasteiger partial charge is 0.350 e. The van der Waals surface area contributed by atoms with Crippen LogP contribution in [0.2, 0.25) is 0 Å². The fraction of sp³-hybridized carbons (Fsp3) is 0.929. The third-order valence-corrected chi connectivity index (χ3v) is 4.58. The Hall–Kier alpha value is -0.780. The molecule has 0 aromatic rings. The molecule has 0 spiro atoms. The van der Waals surface area contributed by atoms with Crippen molar-refractivity contribution in [2.45, 2.75) is 69.6 Å². The minimum atomic E-state index is -4.16. The molecular formula is C14H23F3N2O. The van der Waals surface area contributed by atoms with Crippen molar-refractivity contribution in [1.82, 2.24) is 10.6 Å². The highest BCUT2D eigenvalue weighted by Crippen LogP contribution is 2.32. The lowest BCUT2D eigenvalue weighted by Gasteiger charge is -2.37. The molecule has 1 saturated carbocycles. The zero-order valence-corrected chi connectivity index (χ0v) is 11.9. The van der Waals surface area contributed by atoms with Crippen molar-refractivity contribution in [3.63, 3.8) is 0 Å². The highest BCUT2D eigenvalue weighted by atomic mass is 19.4. The van der Waals surface area contributed by atoms with Crippen LogP contribution in [0.3, 0.4) is 0 Å². The molecule has 0 bridgehead atoms. The highest BCUT2D eigenvalue weighted by molar-refractivity contribution is 5.82. The summed E-state index contributed by atoms with van der Waals surface area (Å²) in [4.78, 5) is 12.2. The Kier molecular flexibility index (Phi) is 4.62. The molecule has 2 atom stereocenters. The molecular weight excluding hydrogens is 269 g/mol. The maximum absolute atomic E-state index is 12.6. The number of carbonyl (C=O) groups is 1. The number of nitrogens with one attached hydrogen (secondary N) is 2. The average molecular weight is 292 g/mol. The zero-order chi connectivity index (χ0) is 14.8. The van der Waals surface area contributed by atoms with Crippen LogP contribution in [-0.2, 0) is 4.79 Å². The Morgan fingerprint density at radius 3 is 2.35 bits per heavy atom. The predicted molar refractivity (Wildman–Crippen MR) is 70.2 cm³/mol. The number of amides is 1. The van der Waals surface area contributed by atoms with Crippen LogP contribution in [0.5, 0.6) is 0 Å². The van der Waals surface area contributed by atoms with Crippen molar-refractivity contribution in [2.75, 3.05) is 6.54 Å². The molecule has 0 aromatic carbocycles. The summed E-state index contributed by atoms with van der Waals surface area (Å²) in [7, 11) is 0. The van der Waals surface area contributed by atoms with Gasteiger partial charge in [0.1, 0.15) is 0 Å². The lowest BCUT2D eigenvalue weighted by atomic mass is 9.83. The third kappa shape index (κ3) is 3.87. The van der Waals surface area contributed by atoms with Crippen molar-refractivity contribution in [3.8, 4) is 0 Å². The SMILES string of the molecule is CC1(NC(=O)C2CCC(C(F)(F)F)CN2)CCCCC1. The summed E-state index contributed by atoms with van der Waals surface area (Å²) in [5, 5.41) is 5.79. The van der Waals surface area contributed by atoms with Gasteiger partial charge in [0.05, 0.1) is 12.0 Å². The standard InChI is InChI=1S/C14H23F3N2O/c1-13(7-3-2-4-8-13)19-12(20)11-6-5-10(9-18-11)14(15,16)17/h10-11,18H,2-9H2,1H3,(H,19,20). The highest BCUT2D eigenvalue weighted by Gasteiger charge is 2.43. The molecule has 1 aliphatic heterocycles. The van der Waals surface area contributed by atoms with E-state index in [0.717, 1.165) is 25.7 Å². The van der Waals surface area contributed by atoms with Crippen molar-refractivity contribution in [1.29, 1.82) is 0 Å². The Morgan fingerprint density at radius 1 is 1.20 bits per heavy atom. The van der Waals surface area contributed by atoms with E-state index in [1.54, 1.807) is 0 Å². The molecule has 0 aromatic heterocycles. The van der Waals surface area contributed by atoms with Gasteiger partial charge in [0, 0.05) is 12.1 Å².